The lowest BCUT2D eigenvalue weighted by Gasteiger charge is -2.21. The fraction of sp³-hybridized carbons (Fsp3) is 0.467. The smallest absolute Gasteiger partial charge is 0.253 e. The normalized spacial score (nSPS) is 15.7. The van der Waals surface area contributed by atoms with Gasteiger partial charge >= 0.3 is 0 Å². The Labute approximate surface area is 119 Å². The van der Waals surface area contributed by atoms with Crippen molar-refractivity contribution in [3.8, 4) is 0 Å². The minimum Gasteiger partial charge on any atom is -0.345 e. The van der Waals surface area contributed by atoms with Gasteiger partial charge in [-0.05, 0) is 50.2 Å². The van der Waals surface area contributed by atoms with E-state index < -0.39 is 0 Å². The van der Waals surface area contributed by atoms with Crippen molar-refractivity contribution in [2.24, 2.45) is 5.92 Å². The van der Waals surface area contributed by atoms with Gasteiger partial charge in [0.1, 0.15) is 0 Å². The second-order valence-corrected chi connectivity index (χ2v) is 5.29. The zero-order valence-electron chi connectivity index (χ0n) is 12.0. The van der Waals surface area contributed by atoms with E-state index in [1.54, 1.807) is 38.4 Å². The lowest BCUT2D eigenvalue weighted by atomic mass is 9.97. The van der Waals surface area contributed by atoms with E-state index in [0.717, 1.165) is 31.6 Å². The number of benzene rings is 1. The fourth-order valence-electron chi connectivity index (χ4n) is 2.28. The molecule has 1 saturated heterocycles. The van der Waals surface area contributed by atoms with Crippen molar-refractivity contribution < 1.29 is 9.59 Å². The Morgan fingerprint density at radius 1 is 1.15 bits per heavy atom. The van der Waals surface area contributed by atoms with Crippen LogP contribution in [0.1, 0.15) is 23.2 Å². The van der Waals surface area contributed by atoms with E-state index in [0.29, 0.717) is 5.56 Å². The maximum atomic E-state index is 12.1. The molecule has 0 radical (unpaired) electrons. The zero-order valence-corrected chi connectivity index (χ0v) is 12.0. The van der Waals surface area contributed by atoms with Gasteiger partial charge in [0.25, 0.3) is 5.91 Å². The predicted molar refractivity (Wildman–Crippen MR) is 78.7 cm³/mol. The number of rotatable bonds is 3. The Morgan fingerprint density at radius 2 is 1.75 bits per heavy atom. The van der Waals surface area contributed by atoms with Crippen LogP contribution in [0.2, 0.25) is 0 Å². The second kappa shape index (κ2) is 6.52. The first-order chi connectivity index (χ1) is 9.58. The number of carbonyl (C=O) groups excluding carboxylic acids is 2. The van der Waals surface area contributed by atoms with Gasteiger partial charge in [0, 0.05) is 31.3 Å². The van der Waals surface area contributed by atoms with E-state index in [4.69, 9.17) is 0 Å². The lowest BCUT2D eigenvalue weighted by molar-refractivity contribution is -0.120. The standard InChI is InChI=1S/C15H21N3O2/c1-18(2)15(20)12-3-5-13(6-4-12)17-14(19)11-7-9-16-10-8-11/h3-6,11,16H,7-10H2,1-2H3,(H,17,19). The number of hydrogen-bond acceptors (Lipinski definition) is 3. The molecule has 0 atom stereocenters. The van der Waals surface area contributed by atoms with Gasteiger partial charge in [-0.25, -0.2) is 0 Å². The molecule has 0 unspecified atom stereocenters. The number of nitrogens with zero attached hydrogens (tertiary/aromatic N) is 1. The molecule has 0 bridgehead atoms. The maximum Gasteiger partial charge on any atom is 0.253 e. The van der Waals surface area contributed by atoms with Crippen molar-refractivity contribution in [1.82, 2.24) is 10.2 Å². The van der Waals surface area contributed by atoms with Crippen LogP contribution in [0.4, 0.5) is 5.69 Å². The van der Waals surface area contributed by atoms with E-state index in [2.05, 4.69) is 10.6 Å². The highest BCUT2D eigenvalue weighted by Crippen LogP contribution is 2.16. The number of hydrogen-bond donors (Lipinski definition) is 2. The molecule has 1 aromatic carbocycles. The molecule has 1 fully saturated rings. The second-order valence-electron chi connectivity index (χ2n) is 5.29. The first-order valence-corrected chi connectivity index (χ1v) is 6.91. The molecule has 20 heavy (non-hydrogen) atoms. The van der Waals surface area contributed by atoms with Crippen molar-refractivity contribution in [1.29, 1.82) is 0 Å². The number of amides is 2. The Hall–Kier alpha value is -1.88. The Morgan fingerprint density at radius 3 is 2.30 bits per heavy atom. The topological polar surface area (TPSA) is 61.4 Å². The van der Waals surface area contributed by atoms with Gasteiger partial charge in [0.05, 0.1) is 0 Å². The number of nitrogens with one attached hydrogen (secondary N) is 2. The van der Waals surface area contributed by atoms with Crippen LogP contribution >= 0.6 is 0 Å². The molecule has 5 nitrogen and oxygen atoms in total. The van der Waals surface area contributed by atoms with Gasteiger partial charge in [-0.1, -0.05) is 0 Å². The van der Waals surface area contributed by atoms with Crippen LogP contribution in [0.25, 0.3) is 0 Å². The van der Waals surface area contributed by atoms with Gasteiger partial charge < -0.3 is 15.5 Å². The van der Waals surface area contributed by atoms with Crippen LogP contribution in [0.5, 0.6) is 0 Å². The third kappa shape index (κ3) is 3.57. The first-order valence-electron chi connectivity index (χ1n) is 6.91. The fourth-order valence-corrected chi connectivity index (χ4v) is 2.28. The summed E-state index contributed by atoms with van der Waals surface area (Å²) in [5, 5.41) is 6.16. The molecule has 1 aliphatic rings. The largest absolute Gasteiger partial charge is 0.345 e. The third-order valence-corrected chi connectivity index (χ3v) is 3.52. The van der Waals surface area contributed by atoms with Crippen LogP contribution in [0.3, 0.4) is 0 Å². The van der Waals surface area contributed by atoms with Gasteiger partial charge in [-0.2, -0.15) is 0 Å². The quantitative estimate of drug-likeness (QED) is 0.875. The molecule has 5 heteroatoms. The summed E-state index contributed by atoms with van der Waals surface area (Å²) in [4.78, 5) is 25.4. The molecule has 0 saturated carbocycles. The monoisotopic (exact) mass is 275 g/mol. The molecule has 1 aromatic rings. The Balaban J connectivity index is 1.96. The van der Waals surface area contributed by atoms with Crippen LogP contribution in [-0.2, 0) is 4.79 Å². The average Bonchev–Trinajstić information content (AvgIpc) is 2.48. The van der Waals surface area contributed by atoms with Crippen LogP contribution < -0.4 is 10.6 Å². The number of anilines is 1. The first kappa shape index (κ1) is 14.5. The summed E-state index contributed by atoms with van der Waals surface area (Å²) in [7, 11) is 3.43. The molecule has 2 rings (SSSR count). The SMILES string of the molecule is CN(C)C(=O)c1ccc(NC(=O)C2CCNCC2)cc1. The molecular weight excluding hydrogens is 254 g/mol. The van der Waals surface area contributed by atoms with Gasteiger partial charge in [-0.3, -0.25) is 9.59 Å². The molecule has 2 amide bonds. The highest BCUT2D eigenvalue weighted by Gasteiger charge is 2.20. The van der Waals surface area contributed by atoms with E-state index in [1.807, 2.05) is 0 Å². The molecule has 0 aliphatic carbocycles. The van der Waals surface area contributed by atoms with E-state index >= 15 is 0 Å². The maximum absolute atomic E-state index is 12.1. The minimum absolute atomic E-state index is 0.0405. The number of carbonyl (C=O) groups is 2. The molecular formula is C15H21N3O2. The summed E-state index contributed by atoms with van der Waals surface area (Å²) >= 11 is 0. The minimum atomic E-state index is -0.0405. The summed E-state index contributed by atoms with van der Waals surface area (Å²) in [6, 6.07) is 7.02. The van der Waals surface area contributed by atoms with Gasteiger partial charge in [0.2, 0.25) is 5.91 Å². The molecule has 0 aromatic heterocycles. The summed E-state index contributed by atoms with van der Waals surface area (Å²) in [5.74, 6) is 0.110. The summed E-state index contributed by atoms with van der Waals surface area (Å²) in [6.07, 6.45) is 1.76. The average molecular weight is 275 g/mol. The Bertz CT molecular complexity index is 476. The van der Waals surface area contributed by atoms with Crippen LogP contribution in [0, 0.1) is 5.92 Å². The van der Waals surface area contributed by atoms with Gasteiger partial charge in [0.15, 0.2) is 0 Å². The molecule has 0 spiro atoms. The van der Waals surface area contributed by atoms with Gasteiger partial charge in [-0.15, -0.1) is 0 Å². The predicted octanol–water partition coefficient (Wildman–Crippen LogP) is 1.33. The van der Waals surface area contributed by atoms with Crippen molar-refractivity contribution in [2.45, 2.75) is 12.8 Å². The summed E-state index contributed by atoms with van der Waals surface area (Å²) in [5.41, 5.74) is 1.36. The highest BCUT2D eigenvalue weighted by atomic mass is 16.2. The van der Waals surface area contributed by atoms with E-state index in [-0.39, 0.29) is 17.7 Å². The molecule has 1 aliphatic heterocycles. The Kier molecular flexibility index (Phi) is 4.74. The highest BCUT2D eigenvalue weighted by molar-refractivity contribution is 5.96. The van der Waals surface area contributed by atoms with Crippen LogP contribution in [-0.4, -0.2) is 43.9 Å². The molecule has 2 N–H and O–H groups in total. The molecule has 108 valence electrons. The lowest BCUT2D eigenvalue weighted by Crippen LogP contribution is -2.34. The molecule has 1 heterocycles. The van der Waals surface area contributed by atoms with Crippen molar-refractivity contribution in [3.05, 3.63) is 29.8 Å². The number of piperidine rings is 1. The zero-order chi connectivity index (χ0) is 14.5. The van der Waals surface area contributed by atoms with E-state index in [1.165, 1.54) is 4.90 Å². The summed E-state index contributed by atoms with van der Waals surface area (Å²) in [6.45, 7) is 1.79. The van der Waals surface area contributed by atoms with E-state index in [9.17, 15) is 9.59 Å². The third-order valence-electron chi connectivity index (χ3n) is 3.52. The van der Waals surface area contributed by atoms with Crippen molar-refractivity contribution in [2.75, 3.05) is 32.5 Å². The van der Waals surface area contributed by atoms with Crippen molar-refractivity contribution in [3.63, 3.8) is 0 Å². The summed E-state index contributed by atoms with van der Waals surface area (Å²) < 4.78 is 0. The van der Waals surface area contributed by atoms with Crippen molar-refractivity contribution >= 4 is 17.5 Å². The van der Waals surface area contributed by atoms with Crippen LogP contribution in [0.15, 0.2) is 24.3 Å².